The molecule has 9 heteroatoms. The maximum absolute atomic E-state index is 14.0. The van der Waals surface area contributed by atoms with Crippen LogP contribution in [0.5, 0.6) is 0 Å². The van der Waals surface area contributed by atoms with Crippen molar-refractivity contribution >= 4 is 22.7 Å². The quantitative estimate of drug-likeness (QED) is 0.199. The number of halogens is 3. The van der Waals surface area contributed by atoms with E-state index < -0.39 is 17.6 Å². The molecule has 2 aromatic rings. The standard InChI is InChI=1S/C22H29F3N4OS/c1-5-14(4)17-12-31-20(28-17)21(6-2,7-3)13-27-18(22(23,24)25)15-9-8-10-16(11-15)19(26)29-30/h5,8-12,18,27,30H,6-7,13H2,1-4H3,(H2,26,29). The highest BCUT2D eigenvalue weighted by molar-refractivity contribution is 7.10. The number of nitrogens with two attached hydrogens (primary N) is 1. The van der Waals surface area contributed by atoms with Crippen molar-refractivity contribution in [2.75, 3.05) is 6.54 Å². The third-order valence-corrected chi connectivity index (χ3v) is 6.83. The number of amidine groups is 1. The minimum Gasteiger partial charge on any atom is -0.409 e. The van der Waals surface area contributed by atoms with Crippen LogP contribution in [0.1, 0.15) is 68.4 Å². The molecule has 0 bridgehead atoms. The fourth-order valence-electron chi connectivity index (χ4n) is 3.38. The topological polar surface area (TPSA) is 83.5 Å². The van der Waals surface area contributed by atoms with E-state index in [9.17, 15) is 13.2 Å². The Labute approximate surface area is 184 Å². The van der Waals surface area contributed by atoms with Crippen LogP contribution in [-0.4, -0.2) is 28.7 Å². The van der Waals surface area contributed by atoms with Gasteiger partial charge in [-0.15, -0.1) is 11.3 Å². The number of nitrogens with zero attached hydrogens (tertiary/aromatic N) is 2. The van der Waals surface area contributed by atoms with Gasteiger partial charge in [0.2, 0.25) is 0 Å². The molecular weight excluding hydrogens is 425 g/mol. The number of oxime groups is 1. The molecule has 0 spiro atoms. The lowest BCUT2D eigenvalue weighted by Gasteiger charge is -2.33. The summed E-state index contributed by atoms with van der Waals surface area (Å²) < 4.78 is 41.9. The Morgan fingerprint density at radius 3 is 2.55 bits per heavy atom. The van der Waals surface area contributed by atoms with Gasteiger partial charge in [-0.3, -0.25) is 0 Å². The second-order valence-corrected chi connectivity index (χ2v) is 8.32. The van der Waals surface area contributed by atoms with Gasteiger partial charge < -0.3 is 16.3 Å². The van der Waals surface area contributed by atoms with Crippen LogP contribution in [0, 0.1) is 0 Å². The predicted octanol–water partition coefficient (Wildman–Crippen LogP) is 5.61. The molecule has 2 rings (SSSR count). The van der Waals surface area contributed by atoms with Crippen molar-refractivity contribution in [3.63, 3.8) is 0 Å². The number of alkyl halides is 3. The van der Waals surface area contributed by atoms with Gasteiger partial charge in [0, 0.05) is 22.9 Å². The van der Waals surface area contributed by atoms with Gasteiger partial charge >= 0.3 is 6.18 Å². The Balaban J connectivity index is 2.38. The number of benzene rings is 1. The highest BCUT2D eigenvalue weighted by atomic mass is 32.1. The van der Waals surface area contributed by atoms with Gasteiger partial charge in [-0.25, -0.2) is 4.98 Å². The minimum atomic E-state index is -4.52. The fraction of sp³-hybridized carbons (Fsp3) is 0.455. The molecule has 0 aliphatic carbocycles. The second kappa shape index (κ2) is 10.3. The average Bonchev–Trinajstić information content (AvgIpc) is 3.26. The number of nitrogens with one attached hydrogen (secondary N) is 1. The molecule has 1 aromatic carbocycles. The van der Waals surface area contributed by atoms with Gasteiger partial charge in [0.15, 0.2) is 5.84 Å². The zero-order chi connectivity index (χ0) is 23.2. The van der Waals surface area contributed by atoms with E-state index in [1.165, 1.54) is 35.6 Å². The largest absolute Gasteiger partial charge is 0.409 e. The maximum Gasteiger partial charge on any atom is 0.407 e. The third-order valence-electron chi connectivity index (χ3n) is 5.74. The molecule has 1 aromatic heterocycles. The summed E-state index contributed by atoms with van der Waals surface area (Å²) >= 11 is 1.48. The van der Waals surface area contributed by atoms with Gasteiger partial charge in [-0.2, -0.15) is 13.2 Å². The fourth-order valence-corrected chi connectivity index (χ4v) is 4.60. The van der Waals surface area contributed by atoms with E-state index in [1.807, 2.05) is 39.2 Å². The molecule has 31 heavy (non-hydrogen) atoms. The van der Waals surface area contributed by atoms with Crippen LogP contribution in [0.25, 0.3) is 5.57 Å². The summed E-state index contributed by atoms with van der Waals surface area (Å²) in [6.07, 6.45) is -1.27. The lowest BCUT2D eigenvalue weighted by atomic mass is 9.82. The smallest absolute Gasteiger partial charge is 0.407 e. The van der Waals surface area contributed by atoms with Crippen molar-refractivity contribution in [3.05, 3.63) is 57.6 Å². The maximum atomic E-state index is 14.0. The Morgan fingerprint density at radius 2 is 2.00 bits per heavy atom. The first-order valence-electron chi connectivity index (χ1n) is 10.1. The zero-order valence-electron chi connectivity index (χ0n) is 18.1. The molecule has 0 saturated carbocycles. The van der Waals surface area contributed by atoms with Crippen LogP contribution >= 0.6 is 11.3 Å². The first-order chi connectivity index (χ1) is 14.6. The number of thiazole rings is 1. The van der Waals surface area contributed by atoms with Crippen LogP contribution in [0.2, 0.25) is 0 Å². The summed E-state index contributed by atoms with van der Waals surface area (Å²) in [5, 5.41) is 17.2. The van der Waals surface area contributed by atoms with Gasteiger partial charge in [0.25, 0.3) is 0 Å². The highest BCUT2D eigenvalue weighted by Gasteiger charge is 2.43. The normalized spacial score (nSPS) is 14.7. The van der Waals surface area contributed by atoms with Crippen molar-refractivity contribution in [1.82, 2.24) is 10.3 Å². The van der Waals surface area contributed by atoms with Crippen molar-refractivity contribution in [3.8, 4) is 0 Å². The summed E-state index contributed by atoms with van der Waals surface area (Å²) in [5.74, 6) is -0.242. The SMILES string of the molecule is CC=C(C)c1csc(C(CC)(CC)CNC(c2cccc(C(N)=NO)c2)C(F)(F)F)n1. The molecule has 0 aliphatic heterocycles. The van der Waals surface area contributed by atoms with E-state index in [4.69, 9.17) is 15.9 Å². The number of hydrogen-bond acceptors (Lipinski definition) is 5. The van der Waals surface area contributed by atoms with E-state index in [-0.39, 0.29) is 23.5 Å². The Bertz CT molecular complexity index is 933. The van der Waals surface area contributed by atoms with E-state index in [0.29, 0.717) is 12.8 Å². The van der Waals surface area contributed by atoms with Crippen LogP contribution in [0.3, 0.4) is 0 Å². The molecule has 0 fully saturated rings. The van der Waals surface area contributed by atoms with Crippen molar-refractivity contribution in [2.45, 2.75) is 58.2 Å². The van der Waals surface area contributed by atoms with Crippen LogP contribution < -0.4 is 11.1 Å². The first-order valence-corrected chi connectivity index (χ1v) is 11.0. The lowest BCUT2D eigenvalue weighted by molar-refractivity contribution is -0.158. The lowest BCUT2D eigenvalue weighted by Crippen LogP contribution is -2.43. The molecule has 0 amide bonds. The molecule has 1 unspecified atom stereocenters. The van der Waals surface area contributed by atoms with Crippen molar-refractivity contribution < 1.29 is 18.4 Å². The Morgan fingerprint density at radius 1 is 1.32 bits per heavy atom. The van der Waals surface area contributed by atoms with Crippen molar-refractivity contribution in [2.24, 2.45) is 10.9 Å². The third kappa shape index (κ3) is 5.65. The van der Waals surface area contributed by atoms with Crippen LogP contribution in [0.15, 0.2) is 40.9 Å². The Kier molecular flexibility index (Phi) is 8.25. The van der Waals surface area contributed by atoms with Gasteiger partial charge in [0.1, 0.15) is 11.0 Å². The molecule has 1 atom stereocenters. The molecule has 4 N–H and O–H groups in total. The van der Waals surface area contributed by atoms with Crippen LogP contribution in [-0.2, 0) is 5.41 Å². The summed E-state index contributed by atoms with van der Waals surface area (Å²) in [6.45, 7) is 7.94. The van der Waals surface area contributed by atoms with Gasteiger partial charge in [-0.05, 0) is 43.9 Å². The average molecular weight is 455 g/mol. The van der Waals surface area contributed by atoms with E-state index in [2.05, 4.69) is 10.5 Å². The van der Waals surface area contributed by atoms with Gasteiger partial charge in [-0.1, -0.05) is 43.3 Å². The number of rotatable bonds is 9. The molecule has 0 aliphatic rings. The highest BCUT2D eigenvalue weighted by Crippen LogP contribution is 2.38. The molecule has 1 heterocycles. The van der Waals surface area contributed by atoms with E-state index >= 15 is 0 Å². The molecule has 0 radical (unpaired) electrons. The summed E-state index contributed by atoms with van der Waals surface area (Å²) in [7, 11) is 0. The molecule has 0 saturated heterocycles. The summed E-state index contributed by atoms with van der Waals surface area (Å²) in [5.41, 5.74) is 7.15. The summed E-state index contributed by atoms with van der Waals surface area (Å²) in [6, 6.07) is 3.73. The number of hydrogen-bond donors (Lipinski definition) is 3. The zero-order valence-corrected chi connectivity index (χ0v) is 18.9. The molecule has 170 valence electrons. The Hall–Kier alpha value is -2.39. The van der Waals surface area contributed by atoms with Gasteiger partial charge in [0.05, 0.1) is 5.69 Å². The molecule has 5 nitrogen and oxygen atoms in total. The monoisotopic (exact) mass is 454 g/mol. The second-order valence-electron chi connectivity index (χ2n) is 7.46. The van der Waals surface area contributed by atoms with Crippen LogP contribution in [0.4, 0.5) is 13.2 Å². The number of allylic oxidation sites excluding steroid dienone is 2. The molecular formula is C22H29F3N4OS. The minimum absolute atomic E-state index is 0.00212. The first kappa shape index (κ1) is 24.9. The summed E-state index contributed by atoms with van der Waals surface area (Å²) in [4.78, 5) is 4.73. The predicted molar refractivity (Wildman–Crippen MR) is 119 cm³/mol. The van der Waals surface area contributed by atoms with Crippen molar-refractivity contribution in [1.29, 1.82) is 0 Å². The van der Waals surface area contributed by atoms with E-state index in [1.54, 1.807) is 0 Å². The number of aromatic nitrogens is 1. The van der Waals surface area contributed by atoms with E-state index in [0.717, 1.165) is 16.3 Å².